The topological polar surface area (TPSA) is 78.9 Å². The van der Waals surface area contributed by atoms with Gasteiger partial charge in [0, 0.05) is 17.2 Å². The Hall–Kier alpha value is -4.45. The van der Waals surface area contributed by atoms with E-state index in [9.17, 15) is 14.4 Å². The molecule has 0 aromatic heterocycles. The molecular weight excluding hydrogens is 456 g/mol. The Balaban J connectivity index is 1.97. The van der Waals surface area contributed by atoms with Gasteiger partial charge in [0.1, 0.15) is 17.2 Å². The zero-order chi connectivity index (χ0) is 26.4. The molecule has 6 heteroatoms. The van der Waals surface area contributed by atoms with Gasteiger partial charge in [-0.1, -0.05) is 51.3 Å². The smallest absolute Gasteiger partial charge is 0.338 e. The van der Waals surface area contributed by atoms with E-state index in [1.165, 1.54) is 0 Å². The molecule has 3 aromatic rings. The van der Waals surface area contributed by atoms with E-state index in [0.29, 0.717) is 28.4 Å². The first-order valence-electron chi connectivity index (χ1n) is 11.4. The number of ether oxygens (including phenoxy) is 3. The highest BCUT2D eigenvalue weighted by atomic mass is 16.5. The van der Waals surface area contributed by atoms with Crippen molar-refractivity contribution >= 4 is 17.9 Å². The van der Waals surface area contributed by atoms with Crippen LogP contribution in [-0.2, 0) is 14.4 Å². The fourth-order valence-corrected chi connectivity index (χ4v) is 3.29. The minimum absolute atomic E-state index is 0.228. The third-order valence-electron chi connectivity index (χ3n) is 5.28. The molecule has 0 atom stereocenters. The van der Waals surface area contributed by atoms with E-state index in [2.05, 4.69) is 13.2 Å². The predicted octanol–water partition coefficient (Wildman–Crippen LogP) is 6.46. The number of aryl methyl sites for hydroxylation is 1. The SMILES string of the molecule is C=CC(=O)Oc1cc(-c2ccc(OC(=O)C(C)C)cc2)c(C)cc1-c1ccc(OC(=O)C(=C)C)cc1. The maximum Gasteiger partial charge on any atom is 0.338 e. The van der Waals surface area contributed by atoms with Crippen molar-refractivity contribution in [1.82, 2.24) is 0 Å². The summed E-state index contributed by atoms with van der Waals surface area (Å²) in [5, 5.41) is 0. The van der Waals surface area contributed by atoms with Crippen molar-refractivity contribution in [3.8, 4) is 39.5 Å². The van der Waals surface area contributed by atoms with Crippen molar-refractivity contribution in [2.75, 3.05) is 0 Å². The summed E-state index contributed by atoms with van der Waals surface area (Å²) in [7, 11) is 0. The molecule has 0 radical (unpaired) electrons. The molecule has 0 fully saturated rings. The van der Waals surface area contributed by atoms with Gasteiger partial charge in [0.25, 0.3) is 0 Å². The zero-order valence-electron chi connectivity index (χ0n) is 20.8. The van der Waals surface area contributed by atoms with Crippen molar-refractivity contribution in [1.29, 1.82) is 0 Å². The predicted molar refractivity (Wildman–Crippen MR) is 139 cm³/mol. The lowest BCUT2D eigenvalue weighted by molar-refractivity contribution is -0.137. The Labute approximate surface area is 210 Å². The summed E-state index contributed by atoms with van der Waals surface area (Å²) in [6, 6.07) is 17.7. The van der Waals surface area contributed by atoms with E-state index in [1.807, 2.05) is 25.1 Å². The molecule has 0 heterocycles. The number of benzene rings is 3. The van der Waals surface area contributed by atoms with E-state index in [0.717, 1.165) is 28.3 Å². The van der Waals surface area contributed by atoms with Crippen molar-refractivity contribution < 1.29 is 28.6 Å². The lowest BCUT2D eigenvalue weighted by atomic mass is 9.94. The fourth-order valence-electron chi connectivity index (χ4n) is 3.29. The van der Waals surface area contributed by atoms with Gasteiger partial charge >= 0.3 is 17.9 Å². The summed E-state index contributed by atoms with van der Waals surface area (Å²) < 4.78 is 16.2. The molecule has 3 aromatic carbocycles. The van der Waals surface area contributed by atoms with Crippen LogP contribution < -0.4 is 14.2 Å². The van der Waals surface area contributed by atoms with Crippen LogP contribution in [0.3, 0.4) is 0 Å². The summed E-state index contributed by atoms with van der Waals surface area (Å²) in [4.78, 5) is 35.7. The van der Waals surface area contributed by atoms with E-state index >= 15 is 0 Å². The van der Waals surface area contributed by atoms with Crippen molar-refractivity contribution in [3.63, 3.8) is 0 Å². The Morgan fingerprint density at radius 2 is 1.33 bits per heavy atom. The van der Waals surface area contributed by atoms with Crippen molar-refractivity contribution in [2.24, 2.45) is 5.92 Å². The maximum absolute atomic E-state index is 12.1. The van der Waals surface area contributed by atoms with Crippen LogP contribution in [0.1, 0.15) is 26.3 Å². The number of esters is 3. The highest BCUT2D eigenvalue weighted by Gasteiger charge is 2.16. The maximum atomic E-state index is 12.1. The summed E-state index contributed by atoms with van der Waals surface area (Å²) in [6.45, 7) is 14.1. The molecule has 0 amide bonds. The first-order valence-corrected chi connectivity index (χ1v) is 11.4. The minimum atomic E-state index is -0.589. The van der Waals surface area contributed by atoms with Crippen LogP contribution in [0.4, 0.5) is 0 Å². The van der Waals surface area contributed by atoms with E-state index in [-0.39, 0.29) is 11.9 Å². The molecule has 0 bridgehead atoms. The molecule has 0 spiro atoms. The number of carbonyl (C=O) groups excluding carboxylic acids is 3. The van der Waals surface area contributed by atoms with Crippen LogP contribution in [0.15, 0.2) is 85.5 Å². The fraction of sp³-hybridized carbons (Fsp3) is 0.167. The molecule has 3 rings (SSSR count). The number of carbonyl (C=O) groups is 3. The van der Waals surface area contributed by atoms with Crippen LogP contribution in [-0.4, -0.2) is 17.9 Å². The van der Waals surface area contributed by atoms with E-state index < -0.39 is 11.9 Å². The second-order valence-electron chi connectivity index (χ2n) is 8.58. The molecule has 0 unspecified atom stereocenters. The van der Waals surface area contributed by atoms with Crippen LogP contribution in [0.5, 0.6) is 17.2 Å². The van der Waals surface area contributed by atoms with Gasteiger partial charge in [0.05, 0.1) is 5.92 Å². The van der Waals surface area contributed by atoms with Gasteiger partial charge in [0.2, 0.25) is 0 Å². The van der Waals surface area contributed by atoms with E-state index in [4.69, 9.17) is 14.2 Å². The van der Waals surface area contributed by atoms with Crippen molar-refractivity contribution in [3.05, 3.63) is 91.0 Å². The van der Waals surface area contributed by atoms with Gasteiger partial charge in [-0.25, -0.2) is 9.59 Å². The number of rotatable bonds is 8. The Bertz CT molecular complexity index is 1310. The van der Waals surface area contributed by atoms with Crippen LogP contribution >= 0.6 is 0 Å². The third-order valence-corrected chi connectivity index (χ3v) is 5.28. The second kappa shape index (κ2) is 11.3. The van der Waals surface area contributed by atoms with Gasteiger partial charge in [-0.15, -0.1) is 0 Å². The number of hydrogen-bond donors (Lipinski definition) is 0. The zero-order valence-corrected chi connectivity index (χ0v) is 20.8. The molecule has 0 saturated carbocycles. The van der Waals surface area contributed by atoms with Gasteiger partial charge in [0.15, 0.2) is 0 Å². The monoisotopic (exact) mass is 484 g/mol. The molecule has 0 N–H and O–H groups in total. The average molecular weight is 485 g/mol. The van der Waals surface area contributed by atoms with Crippen LogP contribution in [0.25, 0.3) is 22.3 Å². The van der Waals surface area contributed by atoms with Gasteiger partial charge < -0.3 is 14.2 Å². The molecule has 0 aliphatic heterocycles. The Morgan fingerprint density at radius 1 is 0.806 bits per heavy atom. The minimum Gasteiger partial charge on any atom is -0.426 e. The molecule has 36 heavy (non-hydrogen) atoms. The molecule has 0 aliphatic rings. The molecule has 6 nitrogen and oxygen atoms in total. The van der Waals surface area contributed by atoms with E-state index in [1.54, 1.807) is 63.2 Å². The highest BCUT2D eigenvalue weighted by Crippen LogP contribution is 2.38. The third kappa shape index (κ3) is 6.36. The first kappa shape index (κ1) is 26.2. The van der Waals surface area contributed by atoms with Crippen LogP contribution in [0, 0.1) is 12.8 Å². The summed E-state index contributed by atoms with van der Waals surface area (Å²) in [5.74, 6) is -0.443. The molecule has 184 valence electrons. The first-order chi connectivity index (χ1) is 17.1. The largest absolute Gasteiger partial charge is 0.426 e. The standard InChI is InChI=1S/C30H28O6/c1-7-28(31)36-27-17-25(21-8-12-23(13-9-21)34-29(32)18(2)3)20(6)16-26(27)22-10-14-24(15-11-22)35-30(33)19(4)5/h7-18H,1,4H2,2-3,5-6H3. The summed E-state index contributed by atoms with van der Waals surface area (Å²) in [6.07, 6.45) is 1.10. The number of hydrogen-bond acceptors (Lipinski definition) is 6. The summed E-state index contributed by atoms with van der Waals surface area (Å²) >= 11 is 0. The quantitative estimate of drug-likeness (QED) is 0.207. The molecular formula is C30H28O6. The molecule has 0 aliphatic carbocycles. The van der Waals surface area contributed by atoms with Crippen molar-refractivity contribution in [2.45, 2.75) is 27.7 Å². The Kier molecular flexibility index (Phi) is 8.22. The normalized spacial score (nSPS) is 10.5. The Morgan fingerprint density at radius 3 is 1.83 bits per heavy atom. The van der Waals surface area contributed by atoms with Gasteiger partial charge in [-0.2, -0.15) is 0 Å². The lowest BCUT2D eigenvalue weighted by Crippen LogP contribution is -2.14. The average Bonchev–Trinajstić information content (AvgIpc) is 2.85. The second-order valence-corrected chi connectivity index (χ2v) is 8.58. The van der Waals surface area contributed by atoms with Gasteiger partial charge in [-0.3, -0.25) is 4.79 Å². The lowest BCUT2D eigenvalue weighted by Gasteiger charge is -2.15. The molecule has 0 saturated heterocycles. The van der Waals surface area contributed by atoms with Gasteiger partial charge in [-0.05, 0) is 72.5 Å². The summed E-state index contributed by atoms with van der Waals surface area (Å²) in [5.41, 5.74) is 4.40. The highest BCUT2D eigenvalue weighted by molar-refractivity contribution is 5.89. The van der Waals surface area contributed by atoms with Crippen LogP contribution in [0.2, 0.25) is 0 Å².